The third-order valence-electron chi connectivity index (χ3n) is 2.52. The van der Waals surface area contributed by atoms with Crippen molar-refractivity contribution in [3.05, 3.63) is 62.0 Å². The lowest BCUT2D eigenvalue weighted by Gasteiger charge is -2.08. The first kappa shape index (κ1) is 15.6. The van der Waals surface area contributed by atoms with Crippen molar-refractivity contribution < 1.29 is 17.7 Å². The average molecular weight is 422 g/mol. The van der Waals surface area contributed by atoms with E-state index in [1.54, 1.807) is 24.3 Å². The molecule has 0 spiro atoms. The maximum atomic E-state index is 13.5. The summed E-state index contributed by atoms with van der Waals surface area (Å²) in [5, 5.41) is 10.5. The number of benzene rings is 2. The van der Waals surface area contributed by atoms with Gasteiger partial charge in [-0.05, 0) is 52.9 Å². The summed E-state index contributed by atoms with van der Waals surface area (Å²) in [5.74, 6) is -1.20. The highest BCUT2D eigenvalue weighted by molar-refractivity contribution is 14.1. The maximum Gasteiger partial charge on any atom is 0.304 e. The van der Waals surface area contributed by atoms with E-state index in [1.807, 2.05) is 0 Å². The van der Waals surface area contributed by atoms with E-state index in [0.29, 0.717) is 11.8 Å². The zero-order valence-corrected chi connectivity index (χ0v) is 13.3. The van der Waals surface area contributed by atoms with Gasteiger partial charge in [-0.2, -0.15) is 4.39 Å². The molecule has 0 amide bonds. The highest BCUT2D eigenvalue weighted by Crippen LogP contribution is 2.23. The van der Waals surface area contributed by atoms with Gasteiger partial charge in [0.2, 0.25) is 5.82 Å². The maximum absolute atomic E-state index is 13.5. The van der Waals surface area contributed by atoms with E-state index >= 15 is 0 Å². The Hall–Kier alpha value is -1.75. The lowest BCUT2D eigenvalue weighted by atomic mass is 10.3. The Balaban J connectivity index is 2.33. The molecule has 2 aromatic rings. The Bertz CT molecular complexity index is 793. The molecule has 0 saturated carbocycles. The van der Waals surface area contributed by atoms with Crippen LogP contribution in [0, 0.1) is 19.5 Å². The van der Waals surface area contributed by atoms with Crippen molar-refractivity contribution in [2.75, 3.05) is 4.72 Å². The average Bonchev–Trinajstić information content (AvgIpc) is 2.40. The van der Waals surface area contributed by atoms with Crippen LogP contribution in [0.5, 0.6) is 0 Å². The molecule has 9 heteroatoms. The molecule has 0 atom stereocenters. The van der Waals surface area contributed by atoms with Gasteiger partial charge in [-0.3, -0.25) is 14.8 Å². The van der Waals surface area contributed by atoms with Crippen molar-refractivity contribution in [2.24, 2.45) is 0 Å². The summed E-state index contributed by atoms with van der Waals surface area (Å²) in [6.07, 6.45) is 0. The topological polar surface area (TPSA) is 89.3 Å². The molecule has 0 heterocycles. The van der Waals surface area contributed by atoms with E-state index in [9.17, 15) is 22.9 Å². The van der Waals surface area contributed by atoms with Gasteiger partial charge in [0.15, 0.2) is 0 Å². The number of nitro groups is 1. The molecule has 0 aromatic heterocycles. The van der Waals surface area contributed by atoms with Gasteiger partial charge in [-0.25, -0.2) is 8.42 Å². The number of hydrogen-bond donors (Lipinski definition) is 1. The van der Waals surface area contributed by atoms with Crippen molar-refractivity contribution in [2.45, 2.75) is 4.90 Å². The van der Waals surface area contributed by atoms with Gasteiger partial charge in [0.1, 0.15) is 0 Å². The monoisotopic (exact) mass is 422 g/mol. The van der Waals surface area contributed by atoms with E-state index in [1.165, 1.54) is 0 Å². The van der Waals surface area contributed by atoms with Gasteiger partial charge < -0.3 is 0 Å². The fourth-order valence-corrected chi connectivity index (χ4v) is 2.96. The first-order valence-corrected chi connectivity index (χ1v) is 8.08. The molecule has 0 radical (unpaired) electrons. The number of sulfonamides is 1. The zero-order valence-electron chi connectivity index (χ0n) is 10.3. The largest absolute Gasteiger partial charge is 0.304 e. The number of halogens is 2. The van der Waals surface area contributed by atoms with Crippen LogP contribution in [0.25, 0.3) is 0 Å². The quantitative estimate of drug-likeness (QED) is 0.466. The zero-order chi connectivity index (χ0) is 15.6. The Kier molecular flexibility index (Phi) is 4.42. The van der Waals surface area contributed by atoms with Crippen LogP contribution in [-0.2, 0) is 10.0 Å². The molecule has 0 aliphatic carbocycles. The molecule has 0 saturated heterocycles. The number of rotatable bonds is 4. The highest BCUT2D eigenvalue weighted by atomic mass is 127. The van der Waals surface area contributed by atoms with Crippen LogP contribution in [0.2, 0.25) is 0 Å². The summed E-state index contributed by atoms with van der Waals surface area (Å²) >= 11 is 2.07. The standard InChI is InChI=1S/C12H8FIN2O4S/c13-11-7-10(5-6-12(11)16(17)18)21(19,20)15-9-3-1-8(14)2-4-9/h1-7,15H. The molecular formula is C12H8FIN2O4S. The molecular weight excluding hydrogens is 414 g/mol. The molecule has 0 aliphatic rings. The molecule has 6 nitrogen and oxygen atoms in total. The minimum absolute atomic E-state index is 0.314. The number of nitro benzene ring substituents is 1. The second-order valence-corrected chi connectivity index (χ2v) is 6.91. The van der Waals surface area contributed by atoms with Crippen LogP contribution in [0.15, 0.2) is 47.4 Å². The second kappa shape index (κ2) is 5.93. The molecule has 2 rings (SSSR count). The molecule has 0 fully saturated rings. The van der Waals surface area contributed by atoms with E-state index < -0.39 is 26.5 Å². The number of nitrogens with one attached hydrogen (secondary N) is 1. The molecule has 1 N–H and O–H groups in total. The van der Waals surface area contributed by atoms with Crippen molar-refractivity contribution in [1.29, 1.82) is 0 Å². The first-order valence-electron chi connectivity index (χ1n) is 5.52. The van der Waals surface area contributed by atoms with Crippen LogP contribution in [0.1, 0.15) is 0 Å². The highest BCUT2D eigenvalue weighted by Gasteiger charge is 2.20. The second-order valence-electron chi connectivity index (χ2n) is 3.98. The predicted molar refractivity (Wildman–Crippen MR) is 83.0 cm³/mol. The van der Waals surface area contributed by atoms with Crippen molar-refractivity contribution in [3.8, 4) is 0 Å². The number of nitrogens with zero attached hydrogens (tertiary/aromatic N) is 1. The van der Waals surface area contributed by atoms with Crippen LogP contribution in [0.4, 0.5) is 15.8 Å². The normalized spacial score (nSPS) is 11.1. The van der Waals surface area contributed by atoms with E-state index in [-0.39, 0.29) is 4.90 Å². The van der Waals surface area contributed by atoms with Gasteiger partial charge in [-0.15, -0.1) is 0 Å². The van der Waals surface area contributed by atoms with Gasteiger partial charge in [0.25, 0.3) is 10.0 Å². The summed E-state index contributed by atoms with van der Waals surface area (Å²) < 4.78 is 40.8. The third-order valence-corrected chi connectivity index (χ3v) is 4.62. The van der Waals surface area contributed by atoms with Crippen molar-refractivity contribution in [3.63, 3.8) is 0 Å². The Morgan fingerprint density at radius 2 is 1.76 bits per heavy atom. The lowest BCUT2D eigenvalue weighted by Crippen LogP contribution is -2.13. The van der Waals surface area contributed by atoms with E-state index in [0.717, 1.165) is 15.7 Å². The van der Waals surface area contributed by atoms with Gasteiger partial charge in [0.05, 0.1) is 9.82 Å². The Labute approximate surface area is 133 Å². The summed E-state index contributed by atoms with van der Waals surface area (Å²) in [6, 6.07) is 8.94. The van der Waals surface area contributed by atoms with Crippen molar-refractivity contribution >= 4 is 44.0 Å². The van der Waals surface area contributed by atoms with Crippen molar-refractivity contribution in [1.82, 2.24) is 0 Å². The first-order chi connectivity index (χ1) is 9.79. The predicted octanol–water partition coefficient (Wildman–Crippen LogP) is 3.14. The molecule has 2 aromatic carbocycles. The summed E-state index contributed by atoms with van der Waals surface area (Å²) in [4.78, 5) is 9.20. The summed E-state index contributed by atoms with van der Waals surface area (Å²) in [7, 11) is -4.01. The Morgan fingerprint density at radius 3 is 2.29 bits per heavy atom. The van der Waals surface area contributed by atoms with Crippen LogP contribution in [-0.4, -0.2) is 13.3 Å². The third kappa shape index (κ3) is 3.67. The minimum atomic E-state index is -4.01. The van der Waals surface area contributed by atoms with Crippen LogP contribution < -0.4 is 4.72 Å². The van der Waals surface area contributed by atoms with Gasteiger partial charge >= 0.3 is 5.69 Å². The summed E-state index contributed by atoms with van der Waals surface area (Å²) in [6.45, 7) is 0. The molecule has 110 valence electrons. The minimum Gasteiger partial charge on any atom is -0.280 e. The number of hydrogen-bond acceptors (Lipinski definition) is 4. The molecule has 21 heavy (non-hydrogen) atoms. The molecule has 0 aliphatic heterocycles. The molecule has 0 unspecified atom stereocenters. The smallest absolute Gasteiger partial charge is 0.280 e. The Morgan fingerprint density at radius 1 is 1.14 bits per heavy atom. The van der Waals surface area contributed by atoms with Gasteiger partial charge in [0, 0.05) is 21.4 Å². The van der Waals surface area contributed by atoms with Gasteiger partial charge in [-0.1, -0.05) is 0 Å². The molecule has 0 bridgehead atoms. The van der Waals surface area contributed by atoms with E-state index in [4.69, 9.17) is 0 Å². The number of anilines is 1. The fourth-order valence-electron chi connectivity index (χ4n) is 1.53. The lowest BCUT2D eigenvalue weighted by molar-refractivity contribution is -0.387. The fraction of sp³-hybridized carbons (Fsp3) is 0. The van der Waals surface area contributed by atoms with Crippen LogP contribution in [0.3, 0.4) is 0 Å². The summed E-state index contributed by atoms with van der Waals surface area (Å²) in [5.41, 5.74) is -0.461. The van der Waals surface area contributed by atoms with E-state index in [2.05, 4.69) is 27.3 Å². The van der Waals surface area contributed by atoms with Crippen LogP contribution >= 0.6 is 22.6 Å². The SMILES string of the molecule is O=[N+]([O-])c1ccc(S(=O)(=O)Nc2ccc(I)cc2)cc1F.